The van der Waals surface area contributed by atoms with E-state index >= 15 is 0 Å². The predicted octanol–water partition coefficient (Wildman–Crippen LogP) is 0.791. The Morgan fingerprint density at radius 3 is 2.50 bits per heavy atom. The van der Waals surface area contributed by atoms with Crippen LogP contribution in [0.1, 0.15) is 17.2 Å². The summed E-state index contributed by atoms with van der Waals surface area (Å²) in [5.74, 6) is -0.459. The van der Waals surface area contributed by atoms with Gasteiger partial charge in [0, 0.05) is 6.08 Å². The fourth-order valence-corrected chi connectivity index (χ4v) is 1.29. The van der Waals surface area contributed by atoms with Gasteiger partial charge in [-0.25, -0.2) is 4.79 Å². The third-order valence-electron chi connectivity index (χ3n) is 2.32. The van der Waals surface area contributed by atoms with Crippen molar-refractivity contribution in [2.24, 2.45) is 0 Å². The summed E-state index contributed by atoms with van der Waals surface area (Å²) >= 11 is 0. The molecular weight excluding hydrogens is 234 g/mol. The Kier molecular flexibility index (Phi) is 5.06. The number of hydrogen-bond donors (Lipinski definition) is 2. The molecule has 2 atom stereocenters. The number of benzene rings is 1. The third kappa shape index (κ3) is 3.70. The summed E-state index contributed by atoms with van der Waals surface area (Å²) in [7, 11) is 1.29. The first-order valence-electron chi connectivity index (χ1n) is 5.20. The maximum Gasteiger partial charge on any atom is 0.330 e. The molecule has 0 radical (unpaired) electrons. The van der Waals surface area contributed by atoms with Gasteiger partial charge in [-0.15, -0.1) is 0 Å². The molecule has 0 heterocycles. The average molecular weight is 247 g/mol. The summed E-state index contributed by atoms with van der Waals surface area (Å²) in [5.41, 5.74) is 1.17. The Morgan fingerprint density at radius 1 is 1.39 bits per heavy atom. The number of carbonyl (C=O) groups excluding carboxylic acids is 1. The van der Waals surface area contributed by atoms with Crippen LogP contribution < -0.4 is 0 Å². The zero-order chi connectivity index (χ0) is 13.5. The van der Waals surface area contributed by atoms with Crippen molar-refractivity contribution in [2.75, 3.05) is 7.11 Å². The number of methoxy groups -OCH3 is 1. The highest BCUT2D eigenvalue weighted by Crippen LogP contribution is 2.17. The lowest BCUT2D eigenvalue weighted by atomic mass is 10.0. The summed E-state index contributed by atoms with van der Waals surface area (Å²) in [4.78, 5) is 10.9. The van der Waals surface area contributed by atoms with E-state index in [1.807, 2.05) is 0 Å². The maximum atomic E-state index is 10.9. The second-order valence-corrected chi connectivity index (χ2v) is 3.54. The van der Waals surface area contributed by atoms with E-state index in [0.717, 1.165) is 5.56 Å². The van der Waals surface area contributed by atoms with Crippen molar-refractivity contribution in [1.82, 2.24) is 0 Å². The van der Waals surface area contributed by atoms with Crippen LogP contribution in [0.2, 0.25) is 0 Å². The van der Waals surface area contributed by atoms with Crippen molar-refractivity contribution in [1.29, 1.82) is 5.26 Å². The highest BCUT2D eigenvalue weighted by atomic mass is 16.5. The molecule has 1 aromatic rings. The van der Waals surface area contributed by atoms with Crippen LogP contribution in [0.15, 0.2) is 30.3 Å². The molecule has 0 aliphatic rings. The summed E-state index contributed by atoms with van der Waals surface area (Å²) in [5, 5.41) is 27.2. The Bertz CT molecular complexity index is 473. The Labute approximate surface area is 105 Å². The summed E-state index contributed by atoms with van der Waals surface area (Å²) < 4.78 is 4.45. The highest BCUT2D eigenvalue weighted by Gasteiger charge is 2.16. The van der Waals surface area contributed by atoms with Crippen LogP contribution in [0.5, 0.6) is 0 Å². The van der Waals surface area contributed by atoms with E-state index in [1.54, 1.807) is 36.4 Å². The number of nitriles is 1. The number of esters is 1. The Morgan fingerprint density at radius 2 is 2.00 bits per heavy atom. The monoisotopic (exact) mass is 247 g/mol. The van der Waals surface area contributed by atoms with E-state index in [9.17, 15) is 15.0 Å². The first-order valence-corrected chi connectivity index (χ1v) is 5.20. The molecule has 0 saturated heterocycles. The largest absolute Gasteiger partial charge is 0.466 e. The Balaban J connectivity index is 2.78. The molecule has 1 aromatic carbocycles. The van der Waals surface area contributed by atoms with Gasteiger partial charge in [0.1, 0.15) is 6.10 Å². The second kappa shape index (κ2) is 6.55. The maximum absolute atomic E-state index is 10.9. The van der Waals surface area contributed by atoms with Gasteiger partial charge in [-0.2, -0.15) is 5.26 Å². The molecule has 18 heavy (non-hydrogen) atoms. The number of ether oxygens (including phenoxy) is 1. The molecule has 0 fully saturated rings. The Hall–Kier alpha value is -2.16. The average Bonchev–Trinajstić information content (AvgIpc) is 2.43. The lowest BCUT2D eigenvalue weighted by Crippen LogP contribution is -2.15. The van der Waals surface area contributed by atoms with Gasteiger partial charge in [-0.1, -0.05) is 24.3 Å². The van der Waals surface area contributed by atoms with Crippen LogP contribution in [0, 0.1) is 11.3 Å². The molecule has 94 valence electrons. The number of rotatable bonds is 4. The minimum absolute atomic E-state index is 0.430. The molecule has 2 unspecified atom stereocenters. The molecule has 0 aromatic heterocycles. The smallest absolute Gasteiger partial charge is 0.330 e. The van der Waals surface area contributed by atoms with Crippen molar-refractivity contribution in [2.45, 2.75) is 12.2 Å². The van der Waals surface area contributed by atoms with Gasteiger partial charge in [0.2, 0.25) is 0 Å². The lowest BCUT2D eigenvalue weighted by molar-refractivity contribution is -0.134. The molecule has 0 aliphatic heterocycles. The van der Waals surface area contributed by atoms with Crippen LogP contribution >= 0.6 is 0 Å². The van der Waals surface area contributed by atoms with Crippen molar-refractivity contribution < 1.29 is 19.7 Å². The number of aliphatic hydroxyl groups is 2. The van der Waals surface area contributed by atoms with E-state index in [1.165, 1.54) is 13.2 Å². The number of carbonyl (C=O) groups is 1. The van der Waals surface area contributed by atoms with Crippen LogP contribution in [-0.2, 0) is 9.53 Å². The minimum atomic E-state index is -1.46. The standard InChI is InChI=1S/C13H13NO4/c1-18-12(16)7-4-9-2-5-10(6-3-9)13(17)11(15)8-14/h2-7,11,13,15,17H,1H3/b7-4+. The highest BCUT2D eigenvalue weighted by molar-refractivity contribution is 5.86. The summed E-state index contributed by atoms with van der Waals surface area (Å²) in [6, 6.07) is 8.01. The molecule has 5 nitrogen and oxygen atoms in total. The fraction of sp³-hybridized carbons (Fsp3) is 0.231. The van der Waals surface area contributed by atoms with Crippen molar-refractivity contribution in [3.05, 3.63) is 41.5 Å². The van der Waals surface area contributed by atoms with E-state index in [2.05, 4.69) is 4.74 Å². The molecule has 5 heteroatoms. The number of hydrogen-bond acceptors (Lipinski definition) is 5. The second-order valence-electron chi connectivity index (χ2n) is 3.54. The van der Waals surface area contributed by atoms with E-state index < -0.39 is 18.2 Å². The van der Waals surface area contributed by atoms with Crippen molar-refractivity contribution in [3.63, 3.8) is 0 Å². The molecule has 0 spiro atoms. The minimum Gasteiger partial charge on any atom is -0.466 e. The van der Waals surface area contributed by atoms with Gasteiger partial charge in [0.15, 0.2) is 6.10 Å². The van der Waals surface area contributed by atoms with Gasteiger partial charge < -0.3 is 14.9 Å². The van der Waals surface area contributed by atoms with E-state index in [0.29, 0.717) is 5.56 Å². The van der Waals surface area contributed by atoms with Gasteiger partial charge >= 0.3 is 5.97 Å². The zero-order valence-electron chi connectivity index (χ0n) is 9.78. The van der Waals surface area contributed by atoms with E-state index in [4.69, 9.17) is 5.26 Å². The predicted molar refractivity (Wildman–Crippen MR) is 64.1 cm³/mol. The molecule has 0 amide bonds. The molecule has 0 saturated carbocycles. The normalized spacial score (nSPS) is 13.9. The summed E-state index contributed by atoms with van der Waals surface area (Å²) in [6.45, 7) is 0. The zero-order valence-corrected chi connectivity index (χ0v) is 9.78. The van der Waals surface area contributed by atoms with Gasteiger partial charge in [-0.3, -0.25) is 0 Å². The van der Waals surface area contributed by atoms with Gasteiger partial charge in [0.05, 0.1) is 13.2 Å². The number of nitrogens with zero attached hydrogens (tertiary/aromatic N) is 1. The summed E-state index contributed by atoms with van der Waals surface area (Å²) in [6.07, 6.45) is 0.133. The molecule has 2 N–H and O–H groups in total. The van der Waals surface area contributed by atoms with Crippen LogP contribution in [0.3, 0.4) is 0 Å². The molecule has 0 aliphatic carbocycles. The molecule has 1 rings (SSSR count). The first kappa shape index (κ1) is 13.9. The third-order valence-corrected chi connectivity index (χ3v) is 2.32. The van der Waals surface area contributed by atoms with E-state index in [-0.39, 0.29) is 0 Å². The quantitative estimate of drug-likeness (QED) is 0.466. The number of aliphatic hydroxyl groups excluding tert-OH is 2. The molecular formula is C13H13NO4. The van der Waals surface area contributed by atoms with Gasteiger partial charge in [-0.05, 0) is 17.2 Å². The van der Waals surface area contributed by atoms with Gasteiger partial charge in [0.25, 0.3) is 0 Å². The van der Waals surface area contributed by atoms with Crippen LogP contribution in [0.25, 0.3) is 6.08 Å². The first-order chi connectivity index (χ1) is 8.58. The van der Waals surface area contributed by atoms with Crippen molar-refractivity contribution >= 4 is 12.0 Å². The molecule has 0 bridgehead atoms. The van der Waals surface area contributed by atoms with Crippen LogP contribution in [0.4, 0.5) is 0 Å². The lowest BCUT2D eigenvalue weighted by Gasteiger charge is -2.11. The topological polar surface area (TPSA) is 90.6 Å². The van der Waals surface area contributed by atoms with Crippen LogP contribution in [-0.4, -0.2) is 29.4 Å². The SMILES string of the molecule is COC(=O)/C=C/c1ccc(C(O)C(O)C#N)cc1. The van der Waals surface area contributed by atoms with Crippen molar-refractivity contribution in [3.8, 4) is 6.07 Å². The fourth-order valence-electron chi connectivity index (χ4n) is 1.29.